The Morgan fingerprint density at radius 1 is 1.05 bits per heavy atom. The van der Waals surface area contributed by atoms with Gasteiger partial charge >= 0.3 is 0 Å². The Bertz CT molecular complexity index is 811. The first-order chi connectivity index (χ1) is 10.2. The van der Waals surface area contributed by atoms with Crippen molar-refractivity contribution in [1.29, 1.82) is 0 Å². The standard InChI is InChI=1S/C15H10N2O4/c18-13-8-4-2-6-11(13)14-9-16-15(21-14)10-5-1-3-7-12(10)17(19)20/h1-9,18H. The number of aromatic nitrogens is 1. The maximum absolute atomic E-state index is 11.0. The molecule has 0 amide bonds. The summed E-state index contributed by atoms with van der Waals surface area (Å²) >= 11 is 0. The number of benzene rings is 2. The minimum Gasteiger partial charge on any atom is -0.507 e. The number of hydrogen-bond donors (Lipinski definition) is 1. The van der Waals surface area contributed by atoms with Gasteiger partial charge in [-0.25, -0.2) is 4.98 Å². The van der Waals surface area contributed by atoms with E-state index >= 15 is 0 Å². The molecule has 104 valence electrons. The van der Waals surface area contributed by atoms with E-state index in [9.17, 15) is 15.2 Å². The fourth-order valence-electron chi connectivity index (χ4n) is 2.02. The Balaban J connectivity index is 2.08. The number of hydrogen-bond acceptors (Lipinski definition) is 5. The predicted molar refractivity (Wildman–Crippen MR) is 75.7 cm³/mol. The first-order valence-electron chi connectivity index (χ1n) is 6.15. The summed E-state index contributed by atoms with van der Waals surface area (Å²) in [6, 6.07) is 12.9. The number of phenolic OH excluding ortho intramolecular Hbond substituents is 1. The summed E-state index contributed by atoms with van der Waals surface area (Å²) in [5.74, 6) is 0.546. The molecule has 0 aliphatic heterocycles. The average molecular weight is 282 g/mol. The first kappa shape index (κ1) is 12.9. The molecule has 0 bridgehead atoms. The second-order valence-corrected chi connectivity index (χ2v) is 4.32. The fourth-order valence-corrected chi connectivity index (χ4v) is 2.02. The van der Waals surface area contributed by atoms with Gasteiger partial charge in [0.25, 0.3) is 5.69 Å². The van der Waals surface area contributed by atoms with Crippen LogP contribution in [0.2, 0.25) is 0 Å². The van der Waals surface area contributed by atoms with E-state index in [1.54, 1.807) is 36.4 Å². The number of nitro groups is 1. The number of nitrogens with zero attached hydrogens (tertiary/aromatic N) is 2. The molecule has 1 aromatic heterocycles. The van der Waals surface area contributed by atoms with Gasteiger partial charge in [0.1, 0.15) is 11.3 Å². The van der Waals surface area contributed by atoms with Crippen molar-refractivity contribution in [3.05, 3.63) is 64.8 Å². The molecule has 3 rings (SSSR count). The third-order valence-corrected chi connectivity index (χ3v) is 3.01. The summed E-state index contributed by atoms with van der Waals surface area (Å²) < 4.78 is 5.55. The van der Waals surface area contributed by atoms with Crippen LogP contribution in [0.5, 0.6) is 5.75 Å². The minimum absolute atomic E-state index is 0.0581. The van der Waals surface area contributed by atoms with Crippen molar-refractivity contribution in [2.75, 3.05) is 0 Å². The first-order valence-corrected chi connectivity index (χ1v) is 6.15. The smallest absolute Gasteiger partial charge is 0.282 e. The van der Waals surface area contributed by atoms with E-state index in [2.05, 4.69) is 4.98 Å². The topological polar surface area (TPSA) is 89.4 Å². The lowest BCUT2D eigenvalue weighted by Crippen LogP contribution is -1.91. The van der Waals surface area contributed by atoms with Crippen LogP contribution < -0.4 is 0 Å². The highest BCUT2D eigenvalue weighted by Crippen LogP contribution is 2.34. The van der Waals surface area contributed by atoms with E-state index < -0.39 is 4.92 Å². The summed E-state index contributed by atoms with van der Waals surface area (Å²) in [5, 5.41) is 20.8. The van der Waals surface area contributed by atoms with Crippen LogP contribution >= 0.6 is 0 Å². The van der Waals surface area contributed by atoms with Gasteiger partial charge in [-0.05, 0) is 18.2 Å². The summed E-state index contributed by atoms with van der Waals surface area (Å²) in [6.07, 6.45) is 1.43. The normalized spacial score (nSPS) is 10.5. The molecule has 0 saturated carbocycles. The molecule has 21 heavy (non-hydrogen) atoms. The highest BCUT2D eigenvalue weighted by molar-refractivity contribution is 5.70. The maximum atomic E-state index is 11.0. The van der Waals surface area contributed by atoms with E-state index in [1.165, 1.54) is 18.3 Å². The molecule has 0 atom stereocenters. The third kappa shape index (κ3) is 2.34. The van der Waals surface area contributed by atoms with Crippen LogP contribution in [-0.2, 0) is 0 Å². The van der Waals surface area contributed by atoms with Gasteiger partial charge < -0.3 is 9.52 Å². The lowest BCUT2D eigenvalue weighted by molar-refractivity contribution is -0.384. The van der Waals surface area contributed by atoms with Gasteiger partial charge in [0.05, 0.1) is 16.7 Å². The van der Waals surface area contributed by atoms with Crippen molar-refractivity contribution in [3.8, 4) is 28.5 Å². The van der Waals surface area contributed by atoms with Gasteiger partial charge in [-0.3, -0.25) is 10.1 Å². The van der Waals surface area contributed by atoms with Gasteiger partial charge in [0, 0.05) is 6.07 Å². The van der Waals surface area contributed by atoms with Crippen molar-refractivity contribution in [2.24, 2.45) is 0 Å². The molecule has 1 heterocycles. The van der Waals surface area contributed by atoms with Crippen LogP contribution in [0.25, 0.3) is 22.8 Å². The number of phenols is 1. The van der Waals surface area contributed by atoms with E-state index in [1.807, 2.05) is 0 Å². The Labute approximate surface area is 119 Å². The van der Waals surface area contributed by atoms with Crippen LogP contribution in [-0.4, -0.2) is 15.0 Å². The number of rotatable bonds is 3. The lowest BCUT2D eigenvalue weighted by atomic mass is 10.1. The second-order valence-electron chi connectivity index (χ2n) is 4.32. The van der Waals surface area contributed by atoms with Crippen molar-refractivity contribution in [3.63, 3.8) is 0 Å². The Morgan fingerprint density at radius 2 is 1.71 bits per heavy atom. The highest BCUT2D eigenvalue weighted by atomic mass is 16.6. The quantitative estimate of drug-likeness (QED) is 0.585. The molecule has 0 aliphatic rings. The van der Waals surface area contributed by atoms with Crippen LogP contribution in [0.1, 0.15) is 0 Å². The van der Waals surface area contributed by atoms with Gasteiger partial charge in [0.15, 0.2) is 5.76 Å². The van der Waals surface area contributed by atoms with Gasteiger partial charge in [0.2, 0.25) is 5.89 Å². The molecule has 0 fully saturated rings. The molecule has 3 aromatic rings. The monoisotopic (exact) mass is 282 g/mol. The van der Waals surface area contributed by atoms with Crippen molar-refractivity contribution >= 4 is 5.69 Å². The Morgan fingerprint density at radius 3 is 2.43 bits per heavy atom. The van der Waals surface area contributed by atoms with Crippen molar-refractivity contribution in [1.82, 2.24) is 4.98 Å². The lowest BCUT2D eigenvalue weighted by Gasteiger charge is -2.00. The maximum Gasteiger partial charge on any atom is 0.282 e. The Hall–Kier alpha value is -3.15. The second kappa shape index (κ2) is 5.09. The summed E-state index contributed by atoms with van der Waals surface area (Å²) in [5.41, 5.74) is 0.696. The average Bonchev–Trinajstić information content (AvgIpc) is 2.97. The molecule has 0 aliphatic carbocycles. The Kier molecular flexibility index (Phi) is 3.12. The molecule has 2 aromatic carbocycles. The molecule has 0 unspecified atom stereocenters. The third-order valence-electron chi connectivity index (χ3n) is 3.01. The molecule has 0 spiro atoms. The molecular weight excluding hydrogens is 272 g/mol. The minimum atomic E-state index is -0.487. The predicted octanol–water partition coefficient (Wildman–Crippen LogP) is 3.62. The number of para-hydroxylation sites is 2. The summed E-state index contributed by atoms with van der Waals surface area (Å²) in [4.78, 5) is 14.6. The molecule has 0 radical (unpaired) electrons. The molecule has 0 saturated heterocycles. The number of oxazole rings is 1. The summed E-state index contributed by atoms with van der Waals surface area (Å²) in [7, 11) is 0. The molecule has 1 N–H and O–H groups in total. The van der Waals surface area contributed by atoms with Crippen molar-refractivity contribution < 1.29 is 14.4 Å². The van der Waals surface area contributed by atoms with Crippen LogP contribution in [0.3, 0.4) is 0 Å². The van der Waals surface area contributed by atoms with Gasteiger partial charge in [-0.15, -0.1) is 0 Å². The molecule has 6 heteroatoms. The van der Waals surface area contributed by atoms with E-state index in [4.69, 9.17) is 4.42 Å². The zero-order chi connectivity index (χ0) is 14.8. The van der Waals surface area contributed by atoms with E-state index in [0.29, 0.717) is 16.9 Å². The van der Waals surface area contributed by atoms with Gasteiger partial charge in [-0.1, -0.05) is 24.3 Å². The van der Waals surface area contributed by atoms with Crippen molar-refractivity contribution in [2.45, 2.75) is 0 Å². The molecular formula is C15H10N2O4. The van der Waals surface area contributed by atoms with Crippen LogP contribution in [0.4, 0.5) is 5.69 Å². The van der Waals surface area contributed by atoms with E-state index in [-0.39, 0.29) is 17.3 Å². The van der Waals surface area contributed by atoms with Crippen LogP contribution in [0.15, 0.2) is 59.1 Å². The van der Waals surface area contributed by atoms with Gasteiger partial charge in [-0.2, -0.15) is 0 Å². The SMILES string of the molecule is O=[N+]([O-])c1ccccc1-c1ncc(-c2ccccc2O)o1. The fraction of sp³-hybridized carbons (Fsp3) is 0. The zero-order valence-corrected chi connectivity index (χ0v) is 10.8. The van der Waals surface area contributed by atoms with Crippen LogP contribution in [0, 0.1) is 10.1 Å². The van der Waals surface area contributed by atoms with E-state index in [0.717, 1.165) is 0 Å². The highest BCUT2D eigenvalue weighted by Gasteiger charge is 2.19. The zero-order valence-electron chi connectivity index (χ0n) is 10.8. The number of aromatic hydroxyl groups is 1. The largest absolute Gasteiger partial charge is 0.507 e. The molecule has 6 nitrogen and oxygen atoms in total. The summed E-state index contributed by atoms with van der Waals surface area (Å²) in [6.45, 7) is 0. The number of nitro benzene ring substituents is 1.